The third-order valence-electron chi connectivity index (χ3n) is 2.45. The molecule has 2 heterocycles. The molecule has 3 nitrogen and oxygen atoms in total. The Morgan fingerprint density at radius 3 is 2.88 bits per heavy atom. The molecule has 0 spiro atoms. The Kier molecular flexibility index (Phi) is 3.45. The van der Waals surface area contributed by atoms with Crippen LogP contribution in [0.1, 0.15) is 25.1 Å². The lowest BCUT2D eigenvalue weighted by Crippen LogP contribution is -2.34. The number of aryl methyl sites for hydroxylation is 1. The minimum atomic E-state index is -0.111. The highest BCUT2D eigenvalue weighted by molar-refractivity contribution is 7.98. The van der Waals surface area contributed by atoms with Crippen molar-refractivity contribution in [3.05, 3.63) is 35.8 Å². The van der Waals surface area contributed by atoms with Gasteiger partial charge in [0.2, 0.25) is 0 Å². The lowest BCUT2D eigenvalue weighted by molar-refractivity contribution is 0.591. The molecule has 4 heteroatoms. The van der Waals surface area contributed by atoms with Crippen LogP contribution in [0.2, 0.25) is 0 Å². The van der Waals surface area contributed by atoms with Gasteiger partial charge in [-0.25, -0.2) is 4.98 Å². The van der Waals surface area contributed by atoms with Gasteiger partial charge in [-0.15, -0.1) is 0 Å². The molecular formula is C13H19N3S. The van der Waals surface area contributed by atoms with Gasteiger partial charge in [-0.1, -0.05) is 6.07 Å². The van der Waals surface area contributed by atoms with Crippen LogP contribution >= 0.6 is 11.8 Å². The summed E-state index contributed by atoms with van der Waals surface area (Å²) in [5.74, 6) is 1.86. The van der Waals surface area contributed by atoms with E-state index in [1.54, 1.807) is 0 Å². The third-order valence-corrected chi connectivity index (χ3v) is 3.90. The summed E-state index contributed by atoms with van der Waals surface area (Å²) in [5, 5.41) is 0. The number of nitrogens with two attached hydrogens (primary N) is 1. The monoisotopic (exact) mass is 249 g/mol. The van der Waals surface area contributed by atoms with E-state index in [9.17, 15) is 0 Å². The van der Waals surface area contributed by atoms with Crippen LogP contribution in [0.3, 0.4) is 0 Å². The topological polar surface area (TPSA) is 43.3 Å². The Hall–Kier alpha value is -1.00. The maximum Gasteiger partial charge on any atom is 0.139 e. The summed E-state index contributed by atoms with van der Waals surface area (Å²) < 4.78 is 2.08. The lowest BCUT2D eigenvalue weighted by atomic mass is 10.1. The molecule has 0 aliphatic rings. The van der Waals surface area contributed by atoms with Crippen molar-refractivity contribution in [1.82, 2.24) is 9.38 Å². The first-order valence-electron chi connectivity index (χ1n) is 5.75. The summed E-state index contributed by atoms with van der Waals surface area (Å²) in [6.07, 6.45) is 4.13. The van der Waals surface area contributed by atoms with Crippen molar-refractivity contribution in [2.45, 2.75) is 32.1 Å². The van der Waals surface area contributed by atoms with Crippen LogP contribution in [0.5, 0.6) is 0 Å². The van der Waals surface area contributed by atoms with Crippen molar-refractivity contribution < 1.29 is 0 Å². The van der Waals surface area contributed by atoms with Crippen molar-refractivity contribution in [3.8, 4) is 0 Å². The zero-order valence-corrected chi connectivity index (χ0v) is 11.4. The highest BCUT2D eigenvalue weighted by Crippen LogP contribution is 2.17. The molecule has 2 N–H and O–H groups in total. The number of hydrogen-bond donors (Lipinski definition) is 1. The lowest BCUT2D eigenvalue weighted by Gasteiger charge is -2.16. The maximum atomic E-state index is 5.95. The second-order valence-corrected chi connectivity index (χ2v) is 6.12. The Bertz CT molecular complexity index is 511. The molecule has 0 radical (unpaired) electrons. The zero-order valence-electron chi connectivity index (χ0n) is 10.6. The van der Waals surface area contributed by atoms with Gasteiger partial charge in [-0.2, -0.15) is 11.8 Å². The Labute approximate surface area is 106 Å². The van der Waals surface area contributed by atoms with Crippen LogP contribution in [0.15, 0.2) is 24.5 Å². The summed E-state index contributed by atoms with van der Waals surface area (Å²) in [7, 11) is 0. The van der Waals surface area contributed by atoms with E-state index in [2.05, 4.69) is 28.6 Å². The second-order valence-electron chi connectivity index (χ2n) is 5.14. The number of imidazole rings is 1. The number of thioether (sulfide) groups is 1. The van der Waals surface area contributed by atoms with Gasteiger partial charge < -0.3 is 10.1 Å². The van der Waals surface area contributed by atoms with E-state index in [-0.39, 0.29) is 5.54 Å². The van der Waals surface area contributed by atoms with E-state index >= 15 is 0 Å². The van der Waals surface area contributed by atoms with E-state index in [0.29, 0.717) is 0 Å². The summed E-state index contributed by atoms with van der Waals surface area (Å²) in [5.41, 5.74) is 9.22. The van der Waals surface area contributed by atoms with Gasteiger partial charge in [0, 0.05) is 29.4 Å². The molecule has 0 fully saturated rings. The Balaban J connectivity index is 2.07. The molecule has 0 saturated heterocycles. The summed E-state index contributed by atoms with van der Waals surface area (Å²) in [6, 6.07) is 4.13. The normalized spacial score (nSPS) is 12.2. The van der Waals surface area contributed by atoms with Crippen LogP contribution in [-0.4, -0.2) is 20.7 Å². The summed E-state index contributed by atoms with van der Waals surface area (Å²) >= 11 is 1.83. The van der Waals surface area contributed by atoms with E-state index in [1.807, 2.05) is 37.9 Å². The predicted octanol–water partition coefficient (Wildman–Crippen LogP) is 2.61. The average Bonchev–Trinajstić information content (AvgIpc) is 2.60. The smallest absolute Gasteiger partial charge is 0.139 e. The molecule has 0 aromatic carbocycles. The van der Waals surface area contributed by atoms with Crippen molar-refractivity contribution >= 4 is 17.4 Å². The van der Waals surface area contributed by atoms with E-state index in [0.717, 1.165) is 22.8 Å². The van der Waals surface area contributed by atoms with Crippen molar-refractivity contribution in [2.75, 3.05) is 5.75 Å². The molecule has 0 aliphatic carbocycles. The Morgan fingerprint density at radius 1 is 1.47 bits per heavy atom. The molecule has 2 rings (SSSR count). The summed E-state index contributed by atoms with van der Waals surface area (Å²) in [4.78, 5) is 4.63. The van der Waals surface area contributed by atoms with Gasteiger partial charge in [0.05, 0.1) is 5.69 Å². The maximum absolute atomic E-state index is 5.95. The molecule has 0 atom stereocenters. The van der Waals surface area contributed by atoms with Crippen LogP contribution in [0, 0.1) is 6.92 Å². The van der Waals surface area contributed by atoms with Crippen LogP contribution < -0.4 is 5.73 Å². The standard InChI is InChI=1S/C13H19N3S/c1-10-5-4-6-16-7-11(15-12(10)16)8-17-9-13(2,3)14/h4-7H,8-9,14H2,1-3H3. The SMILES string of the molecule is Cc1cccn2cc(CSCC(C)(C)N)nc12. The van der Waals surface area contributed by atoms with E-state index < -0.39 is 0 Å². The predicted molar refractivity (Wildman–Crippen MR) is 74.4 cm³/mol. The van der Waals surface area contributed by atoms with Crippen molar-refractivity contribution in [1.29, 1.82) is 0 Å². The molecule has 2 aromatic rings. The largest absolute Gasteiger partial charge is 0.325 e. The van der Waals surface area contributed by atoms with Gasteiger partial charge in [0.1, 0.15) is 5.65 Å². The van der Waals surface area contributed by atoms with Gasteiger partial charge in [-0.05, 0) is 32.4 Å². The van der Waals surface area contributed by atoms with Crippen LogP contribution in [-0.2, 0) is 5.75 Å². The molecule has 17 heavy (non-hydrogen) atoms. The molecule has 2 aromatic heterocycles. The fourth-order valence-electron chi connectivity index (χ4n) is 1.69. The van der Waals surface area contributed by atoms with E-state index in [4.69, 9.17) is 5.73 Å². The molecule has 0 aliphatic heterocycles. The first-order chi connectivity index (χ1) is 7.96. The molecule has 0 unspecified atom stereocenters. The van der Waals surface area contributed by atoms with Gasteiger partial charge >= 0.3 is 0 Å². The first kappa shape index (κ1) is 12.5. The number of nitrogens with zero attached hydrogens (tertiary/aromatic N) is 2. The zero-order chi connectivity index (χ0) is 12.5. The number of fused-ring (bicyclic) bond motifs is 1. The minimum absolute atomic E-state index is 0.111. The average molecular weight is 249 g/mol. The fraction of sp³-hybridized carbons (Fsp3) is 0.462. The van der Waals surface area contributed by atoms with Crippen LogP contribution in [0.4, 0.5) is 0 Å². The quantitative estimate of drug-likeness (QED) is 0.906. The van der Waals surface area contributed by atoms with Crippen LogP contribution in [0.25, 0.3) is 5.65 Å². The summed E-state index contributed by atoms with van der Waals surface area (Å²) in [6.45, 7) is 6.18. The molecule has 92 valence electrons. The Morgan fingerprint density at radius 2 is 2.24 bits per heavy atom. The highest BCUT2D eigenvalue weighted by Gasteiger charge is 2.11. The number of aromatic nitrogens is 2. The molecule has 0 saturated carbocycles. The van der Waals surface area contributed by atoms with Gasteiger partial charge in [0.25, 0.3) is 0 Å². The third kappa shape index (κ3) is 3.23. The number of hydrogen-bond acceptors (Lipinski definition) is 3. The fourth-order valence-corrected chi connectivity index (χ4v) is 2.67. The van der Waals surface area contributed by atoms with Gasteiger partial charge in [-0.3, -0.25) is 0 Å². The van der Waals surface area contributed by atoms with Gasteiger partial charge in [0.15, 0.2) is 0 Å². The number of pyridine rings is 1. The molecule has 0 amide bonds. The van der Waals surface area contributed by atoms with E-state index in [1.165, 1.54) is 5.56 Å². The number of rotatable bonds is 4. The second kappa shape index (κ2) is 4.70. The minimum Gasteiger partial charge on any atom is -0.325 e. The van der Waals surface area contributed by atoms with Crippen molar-refractivity contribution in [3.63, 3.8) is 0 Å². The first-order valence-corrected chi connectivity index (χ1v) is 6.91. The molecular weight excluding hydrogens is 230 g/mol. The molecule has 0 bridgehead atoms. The highest BCUT2D eigenvalue weighted by atomic mass is 32.2. The van der Waals surface area contributed by atoms with Crippen molar-refractivity contribution in [2.24, 2.45) is 5.73 Å².